The van der Waals surface area contributed by atoms with Crippen LogP contribution < -0.4 is 10.1 Å². The Kier molecular flexibility index (Phi) is 8.49. The number of rotatable bonds is 10. The SMILES string of the molecule is COc1ccc2ncc(F)c(C(F)CCC3(CO)CCN(CCNc4cc(F)c(F)c(F)c4)CC3)c2c1. The summed E-state index contributed by atoms with van der Waals surface area (Å²) in [5, 5.41) is 13.4. The second kappa shape index (κ2) is 11.6. The highest BCUT2D eigenvalue weighted by Crippen LogP contribution is 2.40. The molecule has 1 saturated heterocycles. The fourth-order valence-corrected chi connectivity index (χ4v) is 4.94. The van der Waals surface area contributed by atoms with E-state index in [4.69, 9.17) is 4.74 Å². The quantitative estimate of drug-likeness (QED) is 0.261. The van der Waals surface area contributed by atoms with E-state index in [9.17, 15) is 22.7 Å². The molecule has 37 heavy (non-hydrogen) atoms. The molecular formula is C27H30F5N3O2. The van der Waals surface area contributed by atoms with Gasteiger partial charge < -0.3 is 20.1 Å². The van der Waals surface area contributed by atoms with E-state index < -0.39 is 34.9 Å². The molecule has 0 radical (unpaired) electrons. The zero-order chi connectivity index (χ0) is 26.6. The number of benzene rings is 2. The summed E-state index contributed by atoms with van der Waals surface area (Å²) in [4.78, 5) is 6.17. The highest BCUT2D eigenvalue weighted by molar-refractivity contribution is 5.84. The summed E-state index contributed by atoms with van der Waals surface area (Å²) >= 11 is 0. The molecule has 1 aliphatic rings. The zero-order valence-corrected chi connectivity index (χ0v) is 20.5. The van der Waals surface area contributed by atoms with Gasteiger partial charge in [0.05, 0.1) is 18.8 Å². The number of piperidine rings is 1. The van der Waals surface area contributed by atoms with Crippen molar-refractivity contribution in [2.75, 3.05) is 45.2 Å². The van der Waals surface area contributed by atoms with Crippen molar-refractivity contribution in [3.8, 4) is 5.75 Å². The van der Waals surface area contributed by atoms with Crippen LogP contribution in [0, 0.1) is 28.7 Å². The van der Waals surface area contributed by atoms with Gasteiger partial charge in [-0.1, -0.05) is 0 Å². The molecule has 0 amide bonds. The summed E-state index contributed by atoms with van der Waals surface area (Å²) in [6.45, 7) is 2.16. The van der Waals surface area contributed by atoms with Crippen LogP contribution in [-0.2, 0) is 0 Å². The van der Waals surface area contributed by atoms with Crippen LogP contribution >= 0.6 is 0 Å². The molecule has 3 aromatic rings. The van der Waals surface area contributed by atoms with Gasteiger partial charge in [0.25, 0.3) is 0 Å². The third-order valence-corrected chi connectivity index (χ3v) is 7.30. The van der Waals surface area contributed by atoms with Crippen molar-refractivity contribution in [1.29, 1.82) is 0 Å². The van der Waals surface area contributed by atoms with Gasteiger partial charge in [0.15, 0.2) is 17.5 Å². The second-order valence-corrected chi connectivity index (χ2v) is 9.59. The number of aromatic nitrogens is 1. The Morgan fingerprint density at radius 1 is 1.08 bits per heavy atom. The van der Waals surface area contributed by atoms with Crippen LogP contribution in [0.3, 0.4) is 0 Å². The molecule has 2 aromatic carbocycles. The summed E-state index contributed by atoms with van der Waals surface area (Å²) < 4.78 is 75.1. The number of halogens is 5. The highest BCUT2D eigenvalue weighted by atomic mass is 19.2. The maximum atomic E-state index is 15.4. The molecule has 4 rings (SSSR count). The third kappa shape index (κ3) is 6.13. The van der Waals surface area contributed by atoms with Gasteiger partial charge in [0.1, 0.15) is 17.7 Å². The molecule has 5 nitrogen and oxygen atoms in total. The van der Waals surface area contributed by atoms with Crippen molar-refractivity contribution in [1.82, 2.24) is 9.88 Å². The molecule has 1 unspecified atom stereocenters. The van der Waals surface area contributed by atoms with Gasteiger partial charge in [-0.05, 0) is 62.4 Å². The van der Waals surface area contributed by atoms with Crippen LogP contribution in [0.2, 0.25) is 0 Å². The first-order valence-electron chi connectivity index (χ1n) is 12.2. The second-order valence-electron chi connectivity index (χ2n) is 9.59. The van der Waals surface area contributed by atoms with Crippen LogP contribution in [0.15, 0.2) is 36.5 Å². The summed E-state index contributed by atoms with van der Waals surface area (Å²) in [7, 11) is 1.48. The zero-order valence-electron chi connectivity index (χ0n) is 20.5. The van der Waals surface area contributed by atoms with Crippen molar-refractivity contribution in [2.24, 2.45) is 5.41 Å². The number of aliphatic hydroxyl groups excluding tert-OH is 1. The molecule has 0 bridgehead atoms. The van der Waals surface area contributed by atoms with Crippen molar-refractivity contribution < 1.29 is 31.8 Å². The Morgan fingerprint density at radius 2 is 1.78 bits per heavy atom. The van der Waals surface area contributed by atoms with Crippen LogP contribution in [-0.4, -0.2) is 54.9 Å². The molecule has 200 valence electrons. The molecule has 1 atom stereocenters. The summed E-state index contributed by atoms with van der Waals surface area (Å²) in [6.07, 6.45) is 1.15. The molecular weight excluding hydrogens is 493 g/mol. The minimum Gasteiger partial charge on any atom is -0.497 e. The Bertz CT molecular complexity index is 1210. The third-order valence-electron chi connectivity index (χ3n) is 7.30. The van der Waals surface area contributed by atoms with E-state index >= 15 is 4.39 Å². The lowest BCUT2D eigenvalue weighted by molar-refractivity contribution is 0.0314. The first kappa shape index (κ1) is 27.1. The van der Waals surface area contributed by atoms with Gasteiger partial charge in [-0.2, -0.15) is 0 Å². The van der Waals surface area contributed by atoms with Crippen LogP contribution in [0.25, 0.3) is 10.9 Å². The van der Waals surface area contributed by atoms with E-state index in [1.165, 1.54) is 7.11 Å². The number of nitrogens with one attached hydrogen (secondary N) is 1. The maximum absolute atomic E-state index is 15.4. The van der Waals surface area contributed by atoms with Gasteiger partial charge in [0.2, 0.25) is 0 Å². The lowest BCUT2D eigenvalue weighted by Crippen LogP contribution is -2.43. The molecule has 1 aromatic heterocycles. The van der Waals surface area contributed by atoms with Crippen molar-refractivity contribution in [3.63, 3.8) is 0 Å². The number of pyridine rings is 1. The Labute approximate surface area is 212 Å². The molecule has 0 spiro atoms. The number of ether oxygens (including phenoxy) is 1. The van der Waals surface area contributed by atoms with Crippen molar-refractivity contribution in [2.45, 2.75) is 31.9 Å². The van der Waals surface area contributed by atoms with E-state index in [0.29, 0.717) is 62.1 Å². The average Bonchev–Trinajstić information content (AvgIpc) is 2.90. The predicted molar refractivity (Wildman–Crippen MR) is 131 cm³/mol. The summed E-state index contributed by atoms with van der Waals surface area (Å²) in [5.41, 5.74) is 0.105. The molecule has 1 aliphatic heterocycles. The van der Waals surface area contributed by atoms with E-state index in [1.54, 1.807) is 18.2 Å². The van der Waals surface area contributed by atoms with Gasteiger partial charge in [-0.25, -0.2) is 22.0 Å². The number of anilines is 1. The Hall–Kier alpha value is -2.98. The van der Waals surface area contributed by atoms with Gasteiger partial charge in [-0.15, -0.1) is 0 Å². The molecule has 0 saturated carbocycles. The maximum Gasteiger partial charge on any atom is 0.194 e. The van der Waals surface area contributed by atoms with Crippen LogP contribution in [0.4, 0.5) is 27.6 Å². The van der Waals surface area contributed by atoms with Gasteiger partial charge in [-0.3, -0.25) is 4.98 Å². The van der Waals surface area contributed by atoms with E-state index in [2.05, 4.69) is 15.2 Å². The fraction of sp³-hybridized carbons (Fsp3) is 0.444. The largest absolute Gasteiger partial charge is 0.497 e. The molecule has 2 N–H and O–H groups in total. The summed E-state index contributed by atoms with van der Waals surface area (Å²) in [6, 6.07) is 6.74. The van der Waals surface area contributed by atoms with Crippen molar-refractivity contribution in [3.05, 3.63) is 65.4 Å². The number of fused-ring (bicyclic) bond motifs is 1. The van der Waals surface area contributed by atoms with Gasteiger partial charge >= 0.3 is 0 Å². The normalized spacial score (nSPS) is 16.6. The molecule has 10 heteroatoms. The number of nitrogens with zero attached hydrogens (tertiary/aromatic N) is 2. The lowest BCUT2D eigenvalue weighted by Gasteiger charge is -2.41. The number of methoxy groups -OCH3 is 1. The Morgan fingerprint density at radius 3 is 2.43 bits per heavy atom. The predicted octanol–water partition coefficient (Wildman–Crippen LogP) is 5.78. The highest BCUT2D eigenvalue weighted by Gasteiger charge is 2.35. The first-order valence-corrected chi connectivity index (χ1v) is 12.2. The topological polar surface area (TPSA) is 57.6 Å². The average molecular weight is 524 g/mol. The standard InChI is InChI=1S/C27H30F5N3O2/c1-37-18-2-3-24-19(14-18)25(23(31)15-34-24)20(28)4-5-27(16-36)6-9-35(10-7-27)11-8-33-17-12-21(29)26(32)22(30)13-17/h2-3,12-15,20,33,36H,4-11,16H2,1H3. The molecule has 1 fully saturated rings. The number of hydrogen-bond donors (Lipinski definition) is 2. The summed E-state index contributed by atoms with van der Waals surface area (Å²) in [5.74, 6) is -4.24. The fourth-order valence-electron chi connectivity index (χ4n) is 4.94. The molecule has 2 heterocycles. The Balaban J connectivity index is 1.32. The number of aliphatic hydroxyl groups is 1. The lowest BCUT2D eigenvalue weighted by atomic mass is 9.74. The molecule has 0 aliphatic carbocycles. The van der Waals surface area contributed by atoms with Crippen LogP contribution in [0.1, 0.15) is 37.4 Å². The van der Waals surface area contributed by atoms with Gasteiger partial charge in [0, 0.05) is 48.5 Å². The van der Waals surface area contributed by atoms with E-state index in [1.807, 2.05) is 0 Å². The first-order chi connectivity index (χ1) is 17.7. The minimum absolute atomic E-state index is 0.0471. The minimum atomic E-state index is -1.57. The van der Waals surface area contributed by atoms with Crippen LogP contribution in [0.5, 0.6) is 5.75 Å². The van der Waals surface area contributed by atoms with E-state index in [-0.39, 0.29) is 24.3 Å². The number of hydrogen-bond acceptors (Lipinski definition) is 5. The van der Waals surface area contributed by atoms with E-state index in [0.717, 1.165) is 18.3 Å². The number of alkyl halides is 1. The smallest absolute Gasteiger partial charge is 0.194 e. The van der Waals surface area contributed by atoms with Crippen molar-refractivity contribution >= 4 is 16.6 Å². The monoisotopic (exact) mass is 523 g/mol. The number of likely N-dealkylation sites (tertiary alicyclic amines) is 1.